The first-order chi connectivity index (χ1) is 11.5. The van der Waals surface area contributed by atoms with Crippen molar-refractivity contribution in [2.24, 2.45) is 0 Å². The first kappa shape index (κ1) is 16.1. The van der Waals surface area contributed by atoms with E-state index in [0.29, 0.717) is 22.5 Å². The van der Waals surface area contributed by atoms with E-state index in [1.165, 1.54) is 6.07 Å². The first-order valence-corrected chi connectivity index (χ1v) is 7.74. The summed E-state index contributed by atoms with van der Waals surface area (Å²) in [4.78, 5) is 12.4. The van der Waals surface area contributed by atoms with Crippen molar-refractivity contribution in [1.29, 1.82) is 0 Å². The summed E-state index contributed by atoms with van der Waals surface area (Å²) in [5.41, 5.74) is 1.41. The molecule has 124 valence electrons. The van der Waals surface area contributed by atoms with Gasteiger partial charge in [0.2, 0.25) is 0 Å². The molecule has 3 aromatic rings. The summed E-state index contributed by atoms with van der Waals surface area (Å²) in [6.45, 7) is 3.94. The zero-order chi connectivity index (χ0) is 17.1. The van der Waals surface area contributed by atoms with Gasteiger partial charge in [-0.2, -0.15) is 0 Å². The Morgan fingerprint density at radius 2 is 2.04 bits per heavy atom. The van der Waals surface area contributed by atoms with Crippen LogP contribution in [-0.4, -0.2) is 12.0 Å². The van der Waals surface area contributed by atoms with Crippen molar-refractivity contribution < 1.29 is 18.3 Å². The van der Waals surface area contributed by atoms with Gasteiger partial charge in [-0.1, -0.05) is 18.2 Å². The van der Waals surface area contributed by atoms with Gasteiger partial charge in [0.05, 0.1) is 17.8 Å². The van der Waals surface area contributed by atoms with Crippen molar-refractivity contribution in [2.45, 2.75) is 26.5 Å². The van der Waals surface area contributed by atoms with E-state index in [-0.39, 0.29) is 24.4 Å². The zero-order valence-corrected chi connectivity index (χ0v) is 13.5. The van der Waals surface area contributed by atoms with Crippen LogP contribution in [0.2, 0.25) is 0 Å². The standard InChI is InChI=1S/C19H18FNO3/c1-12(2)24-18-10-14(9-17-15(18)7-8-23-17)19(22)21-11-13-5-3-4-6-16(13)20/h3-10,12H,11H2,1-2H3,(H,21,22). The number of hydrogen-bond acceptors (Lipinski definition) is 3. The predicted octanol–water partition coefficient (Wildman–Crippen LogP) is 4.29. The second-order valence-electron chi connectivity index (χ2n) is 5.75. The fourth-order valence-electron chi connectivity index (χ4n) is 2.44. The van der Waals surface area contributed by atoms with Gasteiger partial charge in [0.15, 0.2) is 0 Å². The third-order valence-corrected chi connectivity index (χ3v) is 3.56. The Morgan fingerprint density at radius 1 is 1.25 bits per heavy atom. The van der Waals surface area contributed by atoms with Crippen molar-refractivity contribution >= 4 is 16.9 Å². The molecule has 5 heteroatoms. The van der Waals surface area contributed by atoms with Crippen LogP contribution in [0.1, 0.15) is 29.8 Å². The van der Waals surface area contributed by atoms with E-state index < -0.39 is 0 Å². The lowest BCUT2D eigenvalue weighted by Crippen LogP contribution is -2.23. The van der Waals surface area contributed by atoms with E-state index in [0.717, 1.165) is 5.39 Å². The van der Waals surface area contributed by atoms with Crippen LogP contribution >= 0.6 is 0 Å². The van der Waals surface area contributed by atoms with Crippen LogP contribution < -0.4 is 10.1 Å². The summed E-state index contributed by atoms with van der Waals surface area (Å²) >= 11 is 0. The lowest BCUT2D eigenvalue weighted by atomic mass is 10.1. The van der Waals surface area contributed by atoms with Crippen molar-refractivity contribution in [3.05, 3.63) is 65.7 Å². The maximum absolute atomic E-state index is 13.6. The van der Waals surface area contributed by atoms with Gasteiger partial charge in [0, 0.05) is 17.7 Å². The third kappa shape index (κ3) is 3.40. The van der Waals surface area contributed by atoms with Crippen LogP contribution in [0.3, 0.4) is 0 Å². The number of amides is 1. The summed E-state index contributed by atoms with van der Waals surface area (Å²) in [5.74, 6) is -0.0689. The molecule has 0 unspecified atom stereocenters. The second-order valence-corrected chi connectivity index (χ2v) is 5.75. The molecule has 0 fully saturated rings. The average Bonchev–Trinajstić information content (AvgIpc) is 3.02. The molecule has 3 rings (SSSR count). The minimum absolute atomic E-state index is 0.0279. The van der Waals surface area contributed by atoms with Crippen LogP contribution in [0.4, 0.5) is 4.39 Å². The van der Waals surface area contributed by atoms with Gasteiger partial charge in [-0.3, -0.25) is 4.79 Å². The number of carbonyl (C=O) groups excluding carboxylic acids is 1. The normalized spacial score (nSPS) is 11.0. The molecule has 0 spiro atoms. The van der Waals surface area contributed by atoms with Gasteiger partial charge < -0.3 is 14.5 Å². The molecule has 0 saturated heterocycles. The predicted molar refractivity (Wildman–Crippen MR) is 89.5 cm³/mol. The molecule has 1 heterocycles. The fraction of sp³-hybridized carbons (Fsp3) is 0.211. The second kappa shape index (κ2) is 6.74. The Kier molecular flexibility index (Phi) is 4.51. The molecule has 24 heavy (non-hydrogen) atoms. The van der Waals surface area contributed by atoms with E-state index in [4.69, 9.17) is 9.15 Å². The van der Waals surface area contributed by atoms with Crippen LogP contribution in [0.25, 0.3) is 11.0 Å². The monoisotopic (exact) mass is 327 g/mol. The summed E-state index contributed by atoms with van der Waals surface area (Å²) in [7, 11) is 0. The molecular formula is C19H18FNO3. The minimum atomic E-state index is -0.344. The molecule has 1 aromatic heterocycles. The topological polar surface area (TPSA) is 51.5 Å². The summed E-state index contributed by atoms with van der Waals surface area (Å²) in [6.07, 6.45) is 1.53. The number of carbonyl (C=O) groups is 1. The zero-order valence-electron chi connectivity index (χ0n) is 13.5. The molecule has 0 aliphatic heterocycles. The molecule has 4 nitrogen and oxygen atoms in total. The Bertz CT molecular complexity index is 870. The number of fused-ring (bicyclic) bond motifs is 1. The van der Waals surface area contributed by atoms with E-state index >= 15 is 0 Å². The maximum atomic E-state index is 13.6. The number of halogens is 1. The van der Waals surface area contributed by atoms with Crippen LogP contribution in [-0.2, 0) is 6.54 Å². The number of ether oxygens (including phenoxy) is 1. The quantitative estimate of drug-likeness (QED) is 0.760. The smallest absolute Gasteiger partial charge is 0.251 e. The lowest BCUT2D eigenvalue weighted by Gasteiger charge is -2.12. The number of hydrogen-bond donors (Lipinski definition) is 1. The van der Waals surface area contributed by atoms with E-state index in [1.54, 1.807) is 42.7 Å². The maximum Gasteiger partial charge on any atom is 0.251 e. The summed E-state index contributed by atoms with van der Waals surface area (Å²) in [5, 5.41) is 3.53. The van der Waals surface area contributed by atoms with Gasteiger partial charge >= 0.3 is 0 Å². The number of benzene rings is 2. The highest BCUT2D eigenvalue weighted by molar-refractivity contribution is 5.99. The molecule has 2 aromatic carbocycles. The third-order valence-electron chi connectivity index (χ3n) is 3.56. The van der Waals surface area contributed by atoms with Crippen molar-refractivity contribution in [2.75, 3.05) is 0 Å². The largest absolute Gasteiger partial charge is 0.490 e. The van der Waals surface area contributed by atoms with Crippen molar-refractivity contribution in [3.8, 4) is 5.75 Å². The SMILES string of the molecule is CC(C)Oc1cc(C(=O)NCc2ccccc2F)cc2occc12. The van der Waals surface area contributed by atoms with Crippen LogP contribution in [0, 0.1) is 5.82 Å². The van der Waals surface area contributed by atoms with Gasteiger partial charge in [-0.25, -0.2) is 4.39 Å². The molecule has 1 N–H and O–H groups in total. The highest BCUT2D eigenvalue weighted by atomic mass is 19.1. The van der Waals surface area contributed by atoms with E-state index in [1.807, 2.05) is 13.8 Å². The molecule has 0 aliphatic carbocycles. The first-order valence-electron chi connectivity index (χ1n) is 7.74. The molecule has 0 radical (unpaired) electrons. The van der Waals surface area contributed by atoms with Gasteiger partial charge in [-0.15, -0.1) is 0 Å². The van der Waals surface area contributed by atoms with Crippen molar-refractivity contribution in [1.82, 2.24) is 5.32 Å². The van der Waals surface area contributed by atoms with E-state index in [9.17, 15) is 9.18 Å². The highest BCUT2D eigenvalue weighted by Crippen LogP contribution is 2.29. The lowest BCUT2D eigenvalue weighted by molar-refractivity contribution is 0.0950. The average molecular weight is 327 g/mol. The van der Waals surface area contributed by atoms with Crippen molar-refractivity contribution in [3.63, 3.8) is 0 Å². The molecule has 0 bridgehead atoms. The molecule has 0 aliphatic rings. The molecular weight excluding hydrogens is 309 g/mol. The Labute approximate surface area is 139 Å². The van der Waals surface area contributed by atoms with Gasteiger partial charge in [-0.05, 0) is 38.1 Å². The Hall–Kier alpha value is -2.82. The molecule has 1 amide bonds. The minimum Gasteiger partial charge on any atom is -0.490 e. The van der Waals surface area contributed by atoms with Gasteiger partial charge in [0.25, 0.3) is 5.91 Å². The number of rotatable bonds is 5. The molecule has 0 atom stereocenters. The Morgan fingerprint density at radius 3 is 2.79 bits per heavy atom. The highest BCUT2D eigenvalue weighted by Gasteiger charge is 2.14. The number of nitrogens with one attached hydrogen (secondary N) is 1. The molecule has 0 saturated carbocycles. The van der Waals surface area contributed by atoms with Gasteiger partial charge in [0.1, 0.15) is 17.1 Å². The summed E-state index contributed by atoms with van der Waals surface area (Å²) < 4.78 is 24.8. The Balaban J connectivity index is 1.83. The van der Waals surface area contributed by atoms with E-state index in [2.05, 4.69) is 5.32 Å². The van der Waals surface area contributed by atoms with Crippen LogP contribution in [0.15, 0.2) is 53.1 Å². The summed E-state index contributed by atoms with van der Waals surface area (Å²) in [6, 6.07) is 11.5. The number of furan rings is 1. The van der Waals surface area contributed by atoms with Crippen LogP contribution in [0.5, 0.6) is 5.75 Å². The fourth-order valence-corrected chi connectivity index (χ4v) is 2.44.